The van der Waals surface area contributed by atoms with E-state index in [4.69, 9.17) is 11.6 Å². The van der Waals surface area contributed by atoms with Crippen LogP contribution in [0.5, 0.6) is 0 Å². The number of amides is 2. The van der Waals surface area contributed by atoms with E-state index in [0.717, 1.165) is 30.3 Å². The Hall–Kier alpha value is -2.53. The Morgan fingerprint density at radius 3 is 2.29 bits per heavy atom. The van der Waals surface area contributed by atoms with Crippen LogP contribution < -0.4 is 15.5 Å². The van der Waals surface area contributed by atoms with E-state index >= 15 is 0 Å². The highest BCUT2D eigenvalue weighted by Gasteiger charge is 2.16. The fourth-order valence-corrected chi connectivity index (χ4v) is 3.38. The van der Waals surface area contributed by atoms with Gasteiger partial charge in [-0.25, -0.2) is 0 Å². The van der Waals surface area contributed by atoms with E-state index in [-0.39, 0.29) is 24.8 Å². The van der Waals surface area contributed by atoms with Crippen molar-refractivity contribution in [1.29, 1.82) is 0 Å². The Balaban J connectivity index is 1.43. The van der Waals surface area contributed by atoms with Gasteiger partial charge in [-0.15, -0.1) is 0 Å². The van der Waals surface area contributed by atoms with Crippen molar-refractivity contribution >= 4 is 34.8 Å². The molecule has 6 heteroatoms. The number of piperidine rings is 1. The van der Waals surface area contributed by atoms with Gasteiger partial charge in [0.2, 0.25) is 11.8 Å². The van der Waals surface area contributed by atoms with Gasteiger partial charge in [-0.05, 0) is 60.7 Å². The normalized spacial score (nSPS) is 14.6. The third-order valence-corrected chi connectivity index (χ3v) is 5.28. The topological polar surface area (TPSA) is 61.4 Å². The van der Waals surface area contributed by atoms with Gasteiger partial charge in [0.1, 0.15) is 0 Å². The molecule has 28 heavy (non-hydrogen) atoms. The van der Waals surface area contributed by atoms with Crippen LogP contribution in [0.3, 0.4) is 0 Å². The molecule has 2 aromatic rings. The molecule has 0 spiro atoms. The molecule has 2 N–H and O–H groups in total. The maximum Gasteiger partial charge on any atom is 0.243 e. The number of nitrogens with zero attached hydrogens (tertiary/aromatic N) is 1. The summed E-state index contributed by atoms with van der Waals surface area (Å²) in [6, 6.07) is 15.0. The highest BCUT2D eigenvalue weighted by atomic mass is 35.5. The quantitative estimate of drug-likeness (QED) is 0.775. The van der Waals surface area contributed by atoms with Crippen molar-refractivity contribution in [3.8, 4) is 0 Å². The fraction of sp³-hybridized carbons (Fsp3) is 0.364. The molecule has 2 aromatic carbocycles. The predicted octanol–water partition coefficient (Wildman–Crippen LogP) is 3.87. The lowest BCUT2D eigenvalue weighted by molar-refractivity contribution is -0.123. The number of carbonyl (C=O) groups excluding carboxylic acids is 2. The summed E-state index contributed by atoms with van der Waals surface area (Å²) >= 11 is 5.83. The maximum absolute atomic E-state index is 12.1. The Bertz CT molecular complexity index is 798. The summed E-state index contributed by atoms with van der Waals surface area (Å²) in [7, 11) is 0. The summed E-state index contributed by atoms with van der Waals surface area (Å²) in [4.78, 5) is 26.4. The van der Waals surface area contributed by atoms with Gasteiger partial charge in [-0.2, -0.15) is 0 Å². The number of hydrogen-bond acceptors (Lipinski definition) is 3. The average Bonchev–Trinajstić information content (AvgIpc) is 2.69. The van der Waals surface area contributed by atoms with Crippen molar-refractivity contribution in [2.45, 2.75) is 26.2 Å². The number of anilines is 2. The van der Waals surface area contributed by atoms with Gasteiger partial charge >= 0.3 is 0 Å². The number of halogens is 1. The van der Waals surface area contributed by atoms with Gasteiger partial charge in [0.05, 0.1) is 13.0 Å². The van der Waals surface area contributed by atoms with Crippen molar-refractivity contribution in [2.75, 3.05) is 29.9 Å². The Morgan fingerprint density at radius 2 is 1.64 bits per heavy atom. The van der Waals surface area contributed by atoms with Crippen LogP contribution in [0.15, 0.2) is 48.5 Å². The molecule has 0 bridgehead atoms. The molecule has 1 fully saturated rings. The fourth-order valence-electron chi connectivity index (χ4n) is 3.26. The van der Waals surface area contributed by atoms with Gasteiger partial charge in [-0.1, -0.05) is 30.7 Å². The smallest absolute Gasteiger partial charge is 0.243 e. The Kier molecular flexibility index (Phi) is 6.93. The zero-order chi connectivity index (χ0) is 19.9. The first-order valence-corrected chi connectivity index (χ1v) is 10.0. The summed E-state index contributed by atoms with van der Waals surface area (Å²) in [5.41, 5.74) is 2.76. The summed E-state index contributed by atoms with van der Waals surface area (Å²) in [5, 5.41) is 6.09. The van der Waals surface area contributed by atoms with E-state index < -0.39 is 0 Å². The van der Waals surface area contributed by atoms with Crippen molar-refractivity contribution in [3.05, 3.63) is 59.1 Å². The Labute approximate surface area is 171 Å². The molecule has 1 aliphatic heterocycles. The standard InChI is InChI=1S/C22H26ClN3O2/c1-16-10-12-26(13-11-16)20-8-6-19(7-9-20)25-22(28)15-24-21(27)14-17-2-4-18(23)5-3-17/h2-9,16H,10-15H2,1H3,(H,24,27)(H,25,28). The lowest BCUT2D eigenvalue weighted by Gasteiger charge is -2.32. The SMILES string of the molecule is CC1CCN(c2ccc(NC(=O)CNC(=O)Cc3ccc(Cl)cc3)cc2)CC1. The van der Waals surface area contributed by atoms with Crippen LogP contribution in [0.25, 0.3) is 0 Å². The molecular formula is C22H26ClN3O2. The maximum atomic E-state index is 12.1. The molecule has 0 radical (unpaired) electrons. The third-order valence-electron chi connectivity index (χ3n) is 5.02. The first-order valence-electron chi connectivity index (χ1n) is 9.65. The van der Waals surface area contributed by atoms with Crippen molar-refractivity contribution in [2.24, 2.45) is 5.92 Å². The van der Waals surface area contributed by atoms with Gasteiger partial charge in [-0.3, -0.25) is 9.59 Å². The highest BCUT2D eigenvalue weighted by molar-refractivity contribution is 6.30. The van der Waals surface area contributed by atoms with Gasteiger partial charge < -0.3 is 15.5 Å². The van der Waals surface area contributed by atoms with Crippen molar-refractivity contribution < 1.29 is 9.59 Å². The summed E-state index contributed by atoms with van der Waals surface area (Å²) in [6.07, 6.45) is 2.65. The first-order chi connectivity index (χ1) is 13.5. The van der Waals surface area contributed by atoms with Crippen molar-refractivity contribution in [1.82, 2.24) is 5.32 Å². The van der Waals surface area contributed by atoms with Gasteiger partial charge in [0, 0.05) is 29.5 Å². The molecule has 1 aliphatic rings. The van der Waals surface area contributed by atoms with Gasteiger partial charge in [0.15, 0.2) is 0 Å². The lowest BCUT2D eigenvalue weighted by Crippen LogP contribution is -2.34. The number of rotatable bonds is 6. The second-order valence-electron chi connectivity index (χ2n) is 7.34. The predicted molar refractivity (Wildman–Crippen MR) is 114 cm³/mol. The molecule has 3 rings (SSSR count). The summed E-state index contributed by atoms with van der Waals surface area (Å²) < 4.78 is 0. The lowest BCUT2D eigenvalue weighted by atomic mass is 9.99. The molecule has 0 aromatic heterocycles. The molecule has 5 nitrogen and oxygen atoms in total. The van der Waals surface area contributed by atoms with Crippen LogP contribution >= 0.6 is 11.6 Å². The second-order valence-corrected chi connectivity index (χ2v) is 7.78. The minimum absolute atomic E-state index is 0.0574. The van der Waals surface area contributed by atoms with E-state index in [2.05, 4.69) is 22.5 Å². The van der Waals surface area contributed by atoms with Crippen LogP contribution in [-0.4, -0.2) is 31.4 Å². The minimum atomic E-state index is -0.246. The number of carbonyl (C=O) groups is 2. The molecular weight excluding hydrogens is 374 g/mol. The highest BCUT2D eigenvalue weighted by Crippen LogP contribution is 2.24. The second kappa shape index (κ2) is 9.60. The minimum Gasteiger partial charge on any atom is -0.372 e. The van der Waals surface area contributed by atoms with E-state index in [9.17, 15) is 9.59 Å². The van der Waals surface area contributed by atoms with Crippen LogP contribution in [0, 0.1) is 5.92 Å². The monoisotopic (exact) mass is 399 g/mol. The molecule has 148 valence electrons. The van der Waals surface area contributed by atoms with Gasteiger partial charge in [0.25, 0.3) is 0 Å². The molecule has 2 amide bonds. The summed E-state index contributed by atoms with van der Waals surface area (Å²) in [6.45, 7) is 4.39. The molecule has 0 unspecified atom stereocenters. The molecule has 0 atom stereocenters. The first kappa shape index (κ1) is 20.2. The molecule has 1 heterocycles. The molecule has 0 saturated carbocycles. The van der Waals surface area contributed by atoms with E-state index in [1.165, 1.54) is 18.5 Å². The van der Waals surface area contributed by atoms with E-state index in [1.807, 2.05) is 24.3 Å². The number of hydrogen-bond donors (Lipinski definition) is 2. The zero-order valence-electron chi connectivity index (χ0n) is 16.1. The largest absolute Gasteiger partial charge is 0.372 e. The molecule has 1 saturated heterocycles. The van der Waals surface area contributed by atoms with Crippen molar-refractivity contribution in [3.63, 3.8) is 0 Å². The van der Waals surface area contributed by atoms with Crippen LogP contribution in [-0.2, 0) is 16.0 Å². The molecule has 0 aliphatic carbocycles. The van der Waals surface area contributed by atoms with Crippen LogP contribution in [0.4, 0.5) is 11.4 Å². The third kappa shape index (κ3) is 5.99. The van der Waals surface area contributed by atoms with E-state index in [0.29, 0.717) is 5.02 Å². The number of benzene rings is 2. The Morgan fingerprint density at radius 1 is 1.00 bits per heavy atom. The van der Waals surface area contributed by atoms with E-state index in [1.54, 1.807) is 24.3 Å². The van der Waals surface area contributed by atoms with Crippen LogP contribution in [0.2, 0.25) is 5.02 Å². The average molecular weight is 400 g/mol. The number of nitrogens with one attached hydrogen (secondary N) is 2. The zero-order valence-corrected chi connectivity index (χ0v) is 16.8. The summed E-state index contributed by atoms with van der Waals surface area (Å²) in [5.74, 6) is 0.348. The van der Waals surface area contributed by atoms with Crippen LogP contribution in [0.1, 0.15) is 25.3 Å².